The second-order valence-electron chi connectivity index (χ2n) is 7.18. The van der Waals surface area contributed by atoms with Crippen LogP contribution in [0, 0.1) is 12.8 Å². The molecule has 0 fully saturated rings. The third-order valence-electron chi connectivity index (χ3n) is 4.42. The van der Waals surface area contributed by atoms with Crippen molar-refractivity contribution in [3.05, 3.63) is 76.8 Å². The summed E-state index contributed by atoms with van der Waals surface area (Å²) in [4.78, 5) is 29.7. The van der Waals surface area contributed by atoms with Crippen molar-refractivity contribution in [2.24, 2.45) is 5.92 Å². The number of aryl methyl sites for hydroxylation is 1. The molecule has 3 aromatic rings. The number of hydrogen-bond donors (Lipinski definition) is 1. The lowest BCUT2D eigenvalue weighted by atomic mass is 10.0. The molecule has 2 aromatic carbocycles. The van der Waals surface area contributed by atoms with E-state index in [4.69, 9.17) is 4.74 Å². The number of carbonyl (C=O) groups excluding carboxylic acids is 2. The van der Waals surface area contributed by atoms with Crippen molar-refractivity contribution in [2.45, 2.75) is 33.4 Å². The highest BCUT2D eigenvalue weighted by molar-refractivity contribution is 7.13. The number of aromatic nitrogens is 1. The van der Waals surface area contributed by atoms with Gasteiger partial charge in [-0.3, -0.25) is 4.79 Å². The fraction of sp³-hybridized carbons (Fsp3) is 0.261. The highest BCUT2D eigenvalue weighted by Gasteiger charge is 2.26. The van der Waals surface area contributed by atoms with Crippen molar-refractivity contribution in [1.29, 1.82) is 0 Å². The minimum Gasteiger partial charge on any atom is -0.458 e. The molecule has 0 aliphatic heterocycles. The van der Waals surface area contributed by atoms with Crippen LogP contribution in [0.1, 0.15) is 35.5 Å². The average molecular weight is 409 g/mol. The van der Waals surface area contributed by atoms with Crippen molar-refractivity contribution in [3.8, 4) is 10.6 Å². The summed E-state index contributed by atoms with van der Waals surface area (Å²) >= 11 is 1.51. The maximum Gasteiger partial charge on any atom is 0.329 e. The van der Waals surface area contributed by atoms with Crippen LogP contribution in [0.15, 0.2) is 60.0 Å². The Labute approximate surface area is 174 Å². The molecule has 0 bridgehead atoms. The molecule has 3 rings (SSSR count). The van der Waals surface area contributed by atoms with E-state index in [9.17, 15) is 9.59 Å². The predicted molar refractivity (Wildman–Crippen MR) is 115 cm³/mol. The fourth-order valence-electron chi connectivity index (χ4n) is 2.83. The number of carbonyl (C=O) groups is 2. The molecule has 1 aromatic heterocycles. The average Bonchev–Trinajstić information content (AvgIpc) is 3.19. The lowest BCUT2D eigenvalue weighted by Gasteiger charge is -2.20. The third kappa shape index (κ3) is 5.51. The first-order valence-corrected chi connectivity index (χ1v) is 10.4. The SMILES string of the molecule is Cc1cccc(C(=O)N[C@H](C(=O)OCc2csc(-c3ccccc3)n2)C(C)C)c1. The van der Waals surface area contributed by atoms with Crippen LogP contribution in [0.25, 0.3) is 10.6 Å². The topological polar surface area (TPSA) is 68.3 Å². The summed E-state index contributed by atoms with van der Waals surface area (Å²) in [5, 5.41) is 5.56. The zero-order valence-electron chi connectivity index (χ0n) is 16.7. The molecule has 1 atom stereocenters. The van der Waals surface area contributed by atoms with Crippen LogP contribution in [-0.2, 0) is 16.1 Å². The monoisotopic (exact) mass is 408 g/mol. The molecule has 150 valence electrons. The standard InChI is InChI=1S/C23H24N2O3S/c1-15(2)20(25-21(26)18-11-7-8-16(3)12-18)23(27)28-13-19-14-29-22(24-19)17-9-5-4-6-10-17/h4-12,14-15,20H,13H2,1-3H3,(H,25,26)/t20-/m0/s1. The van der Waals surface area contributed by atoms with Gasteiger partial charge in [-0.15, -0.1) is 11.3 Å². The number of benzene rings is 2. The van der Waals surface area contributed by atoms with Gasteiger partial charge in [0.25, 0.3) is 5.91 Å². The van der Waals surface area contributed by atoms with Crippen LogP contribution < -0.4 is 5.32 Å². The van der Waals surface area contributed by atoms with Gasteiger partial charge in [0, 0.05) is 16.5 Å². The summed E-state index contributed by atoms with van der Waals surface area (Å²) < 4.78 is 5.45. The summed E-state index contributed by atoms with van der Waals surface area (Å²) in [5.41, 5.74) is 3.23. The Bertz CT molecular complexity index is 983. The van der Waals surface area contributed by atoms with E-state index in [1.807, 2.05) is 68.6 Å². The van der Waals surface area contributed by atoms with Gasteiger partial charge in [-0.05, 0) is 25.0 Å². The van der Waals surface area contributed by atoms with Crippen LogP contribution >= 0.6 is 11.3 Å². The lowest BCUT2D eigenvalue weighted by Crippen LogP contribution is -2.45. The van der Waals surface area contributed by atoms with E-state index in [1.54, 1.807) is 12.1 Å². The molecule has 0 aliphatic carbocycles. The predicted octanol–water partition coefficient (Wildman–Crippen LogP) is 4.62. The first kappa shape index (κ1) is 20.7. The van der Waals surface area contributed by atoms with Crippen LogP contribution in [0.4, 0.5) is 0 Å². The zero-order valence-corrected chi connectivity index (χ0v) is 17.5. The highest BCUT2D eigenvalue weighted by atomic mass is 32.1. The van der Waals surface area contributed by atoms with Gasteiger partial charge in [-0.25, -0.2) is 9.78 Å². The van der Waals surface area contributed by atoms with Crippen molar-refractivity contribution in [1.82, 2.24) is 10.3 Å². The Hall–Kier alpha value is -2.99. The van der Waals surface area contributed by atoms with Gasteiger partial charge in [0.1, 0.15) is 17.7 Å². The van der Waals surface area contributed by atoms with E-state index in [1.165, 1.54) is 11.3 Å². The summed E-state index contributed by atoms with van der Waals surface area (Å²) in [6, 6.07) is 16.4. The number of ether oxygens (including phenoxy) is 1. The Morgan fingerprint density at radius 2 is 1.86 bits per heavy atom. The molecular formula is C23H24N2O3S. The Kier molecular flexibility index (Phi) is 6.77. The van der Waals surface area contributed by atoms with Crippen molar-refractivity contribution >= 4 is 23.2 Å². The second-order valence-corrected chi connectivity index (χ2v) is 8.04. The number of amides is 1. The van der Waals surface area contributed by atoms with E-state index in [0.717, 1.165) is 16.1 Å². The number of hydrogen-bond acceptors (Lipinski definition) is 5. The maximum atomic E-state index is 12.6. The van der Waals surface area contributed by atoms with Crippen LogP contribution in [-0.4, -0.2) is 22.9 Å². The Morgan fingerprint density at radius 1 is 1.10 bits per heavy atom. The van der Waals surface area contributed by atoms with Crippen molar-refractivity contribution < 1.29 is 14.3 Å². The van der Waals surface area contributed by atoms with Gasteiger partial charge in [-0.2, -0.15) is 0 Å². The number of nitrogens with one attached hydrogen (secondary N) is 1. The molecule has 29 heavy (non-hydrogen) atoms. The summed E-state index contributed by atoms with van der Waals surface area (Å²) in [7, 11) is 0. The molecule has 0 unspecified atom stereocenters. The largest absolute Gasteiger partial charge is 0.458 e. The van der Waals surface area contributed by atoms with E-state index >= 15 is 0 Å². The van der Waals surface area contributed by atoms with Gasteiger partial charge >= 0.3 is 5.97 Å². The number of thiazole rings is 1. The molecule has 0 saturated heterocycles. The Balaban J connectivity index is 1.61. The van der Waals surface area contributed by atoms with Gasteiger partial charge in [0.05, 0.1) is 5.69 Å². The quantitative estimate of drug-likeness (QED) is 0.580. The molecule has 1 N–H and O–H groups in total. The maximum absolute atomic E-state index is 12.6. The summed E-state index contributed by atoms with van der Waals surface area (Å²) in [6.45, 7) is 5.74. The summed E-state index contributed by atoms with van der Waals surface area (Å²) in [6.07, 6.45) is 0. The van der Waals surface area contributed by atoms with Crippen molar-refractivity contribution in [3.63, 3.8) is 0 Å². The molecular weight excluding hydrogens is 384 g/mol. The Morgan fingerprint density at radius 3 is 2.55 bits per heavy atom. The first-order chi connectivity index (χ1) is 13.9. The minimum absolute atomic E-state index is 0.0751. The van der Waals surface area contributed by atoms with Gasteiger partial charge in [0.2, 0.25) is 0 Å². The van der Waals surface area contributed by atoms with E-state index in [2.05, 4.69) is 10.3 Å². The molecule has 6 heteroatoms. The minimum atomic E-state index is -0.727. The smallest absolute Gasteiger partial charge is 0.329 e. The summed E-state index contributed by atoms with van der Waals surface area (Å²) in [5.74, 6) is -0.855. The molecule has 5 nitrogen and oxygen atoms in total. The number of nitrogens with zero attached hydrogens (tertiary/aromatic N) is 1. The van der Waals surface area contributed by atoms with Crippen molar-refractivity contribution in [2.75, 3.05) is 0 Å². The second kappa shape index (κ2) is 9.47. The number of esters is 1. The van der Waals surface area contributed by atoms with E-state index in [0.29, 0.717) is 11.3 Å². The molecule has 0 saturated carbocycles. The van der Waals surface area contributed by atoms with Crippen LogP contribution in [0.2, 0.25) is 0 Å². The third-order valence-corrected chi connectivity index (χ3v) is 5.36. The zero-order chi connectivity index (χ0) is 20.8. The first-order valence-electron chi connectivity index (χ1n) is 9.48. The molecule has 0 aliphatic rings. The molecule has 1 amide bonds. The normalized spacial score (nSPS) is 11.9. The van der Waals surface area contributed by atoms with Gasteiger partial charge in [-0.1, -0.05) is 61.9 Å². The van der Waals surface area contributed by atoms with Gasteiger partial charge in [0.15, 0.2) is 0 Å². The van der Waals surface area contributed by atoms with Gasteiger partial charge < -0.3 is 10.1 Å². The molecule has 0 spiro atoms. The molecule has 0 radical (unpaired) electrons. The fourth-order valence-corrected chi connectivity index (χ4v) is 3.64. The van der Waals surface area contributed by atoms with Crippen LogP contribution in [0.3, 0.4) is 0 Å². The highest BCUT2D eigenvalue weighted by Crippen LogP contribution is 2.23. The van der Waals surface area contributed by atoms with Crippen LogP contribution in [0.5, 0.6) is 0 Å². The lowest BCUT2D eigenvalue weighted by molar-refractivity contribution is -0.148. The number of rotatable bonds is 7. The van der Waals surface area contributed by atoms with E-state index < -0.39 is 12.0 Å². The van der Waals surface area contributed by atoms with E-state index in [-0.39, 0.29) is 18.4 Å². The molecule has 1 heterocycles.